The molecule has 0 bridgehead atoms. The Hall–Kier alpha value is -0.360. The van der Waals surface area contributed by atoms with Crippen molar-refractivity contribution < 1.29 is 24.4 Å². The van der Waals surface area contributed by atoms with Crippen molar-refractivity contribution in [1.82, 2.24) is 0 Å². The lowest BCUT2D eigenvalue weighted by Gasteiger charge is -2.13. The fourth-order valence-electron chi connectivity index (χ4n) is 3.77. The van der Waals surface area contributed by atoms with E-state index in [0.717, 1.165) is 12.2 Å². The van der Waals surface area contributed by atoms with E-state index in [0.29, 0.717) is 12.5 Å². The van der Waals surface area contributed by atoms with Crippen LogP contribution in [0.5, 0.6) is 0 Å². The highest BCUT2D eigenvalue weighted by Crippen LogP contribution is 2.25. The largest absolute Gasteiger partial charge is 0.466 e. The quantitative estimate of drug-likeness (QED) is 0.111. The third kappa shape index (κ3) is 27.8. The maximum absolute atomic E-state index is 9.60. The minimum atomic E-state index is -4.64. The van der Waals surface area contributed by atoms with Crippen molar-refractivity contribution in [2.75, 3.05) is 18.1 Å². The fourth-order valence-corrected chi connectivity index (χ4v) is 4.90. The molecule has 194 valence electrons. The van der Waals surface area contributed by atoms with Gasteiger partial charge in [0, 0.05) is 6.61 Å². The van der Waals surface area contributed by atoms with Gasteiger partial charge in [0.15, 0.2) is 0 Å². The second-order valence-electron chi connectivity index (χ2n) is 8.92. The number of hydrogen-bond acceptors (Lipinski definition) is 3. The third-order valence-electron chi connectivity index (χ3n) is 5.62. The monoisotopic (exact) mass is 504 g/mol. The molecule has 1 rings (SSSR count). The zero-order valence-corrected chi connectivity index (χ0v) is 22.5. The molecule has 5 nitrogen and oxygen atoms in total. The highest BCUT2D eigenvalue weighted by Gasteiger charge is 2.08. The predicted octanol–water partition coefficient (Wildman–Crippen LogP) is 7.12. The molecule has 0 heterocycles. The van der Waals surface area contributed by atoms with Crippen molar-refractivity contribution in [3.63, 3.8) is 0 Å². The van der Waals surface area contributed by atoms with E-state index in [1.54, 1.807) is 0 Å². The molecule has 1 unspecified atom stereocenters. The molecular weight excluding hydrogens is 455 g/mol. The van der Waals surface area contributed by atoms with Crippen LogP contribution in [0.2, 0.25) is 0 Å². The molecular formula is C26H49O5PS. The number of aliphatic hydroxyl groups is 1. The highest BCUT2D eigenvalue weighted by atomic mass is 32.2. The second kappa shape index (κ2) is 23.4. The summed E-state index contributed by atoms with van der Waals surface area (Å²) in [7, 11) is -4.64. The van der Waals surface area contributed by atoms with Crippen molar-refractivity contribution >= 4 is 19.6 Å². The zero-order valence-electron chi connectivity index (χ0n) is 20.7. The van der Waals surface area contributed by atoms with Gasteiger partial charge in [-0.15, -0.1) is 0 Å². The Bertz CT molecular complexity index is 559. The van der Waals surface area contributed by atoms with Gasteiger partial charge in [-0.2, -0.15) is 11.8 Å². The van der Waals surface area contributed by atoms with Gasteiger partial charge in [0.1, 0.15) is 0 Å². The molecule has 0 radical (unpaired) electrons. The molecule has 4 N–H and O–H groups in total. The first-order valence-electron chi connectivity index (χ1n) is 12.9. The molecule has 0 saturated heterocycles. The average molecular weight is 505 g/mol. The number of hydrogen-bond donors (Lipinski definition) is 4. The Kier molecular flexibility index (Phi) is 23.1. The van der Waals surface area contributed by atoms with Crippen LogP contribution < -0.4 is 0 Å². The van der Waals surface area contributed by atoms with Crippen molar-refractivity contribution in [2.24, 2.45) is 5.92 Å². The molecule has 0 spiro atoms. The number of unbranched alkanes of at least 4 members (excludes halogenated alkanes) is 13. The van der Waals surface area contributed by atoms with Gasteiger partial charge < -0.3 is 19.8 Å². The molecule has 33 heavy (non-hydrogen) atoms. The molecule has 0 amide bonds. The summed E-state index contributed by atoms with van der Waals surface area (Å²) in [5, 5.41) is 9.60. The Balaban J connectivity index is 0.00000184. The number of rotatable bonds is 20. The number of aliphatic hydroxyl groups excluding tert-OH is 1. The van der Waals surface area contributed by atoms with E-state index in [2.05, 4.69) is 37.3 Å². The normalized spacial score (nSPS) is 12.3. The van der Waals surface area contributed by atoms with Crippen LogP contribution in [0.1, 0.15) is 102 Å². The van der Waals surface area contributed by atoms with Gasteiger partial charge in [0.05, 0.1) is 0 Å². The Labute approximate surface area is 207 Å². The smallest absolute Gasteiger partial charge is 0.396 e. The summed E-state index contributed by atoms with van der Waals surface area (Å²) in [4.78, 5) is 21.6. The minimum Gasteiger partial charge on any atom is -0.396 e. The first-order valence-corrected chi connectivity index (χ1v) is 15.6. The van der Waals surface area contributed by atoms with Crippen molar-refractivity contribution in [1.29, 1.82) is 0 Å². The van der Waals surface area contributed by atoms with E-state index in [4.69, 9.17) is 19.2 Å². The van der Waals surface area contributed by atoms with Crippen molar-refractivity contribution in [2.45, 2.75) is 103 Å². The Morgan fingerprint density at radius 2 is 1.18 bits per heavy atom. The summed E-state index contributed by atoms with van der Waals surface area (Å²) in [5.41, 5.74) is 1.35. The molecule has 1 atom stereocenters. The highest BCUT2D eigenvalue weighted by molar-refractivity contribution is 7.99. The van der Waals surface area contributed by atoms with Crippen molar-refractivity contribution in [3.05, 3.63) is 35.9 Å². The lowest BCUT2D eigenvalue weighted by molar-refractivity contribution is 0.239. The van der Waals surface area contributed by atoms with Crippen LogP contribution >= 0.6 is 19.6 Å². The van der Waals surface area contributed by atoms with E-state index in [1.807, 2.05) is 11.8 Å². The maximum atomic E-state index is 9.60. The summed E-state index contributed by atoms with van der Waals surface area (Å²) >= 11 is 2.03. The molecule has 0 aromatic heterocycles. The van der Waals surface area contributed by atoms with Gasteiger partial charge >= 0.3 is 7.82 Å². The van der Waals surface area contributed by atoms with Crippen LogP contribution in [-0.2, 0) is 11.0 Å². The van der Waals surface area contributed by atoms with E-state index >= 15 is 0 Å². The molecule has 1 aromatic rings. The Morgan fingerprint density at radius 3 is 1.61 bits per heavy atom. The summed E-state index contributed by atoms with van der Waals surface area (Å²) in [5.74, 6) is 2.74. The van der Waals surface area contributed by atoms with Gasteiger partial charge in [-0.05, 0) is 35.8 Å². The molecule has 0 aliphatic heterocycles. The van der Waals surface area contributed by atoms with Gasteiger partial charge in [0.25, 0.3) is 0 Å². The number of benzene rings is 1. The second-order valence-corrected chi connectivity index (χ2v) is 11.1. The third-order valence-corrected chi connectivity index (χ3v) is 6.91. The maximum Gasteiger partial charge on any atom is 0.466 e. The lowest BCUT2D eigenvalue weighted by Crippen LogP contribution is -2.12. The fraction of sp³-hybridized carbons (Fsp3) is 0.769. The van der Waals surface area contributed by atoms with E-state index in [9.17, 15) is 5.11 Å². The van der Waals surface area contributed by atoms with Crippen LogP contribution in [0.3, 0.4) is 0 Å². The van der Waals surface area contributed by atoms with Crippen LogP contribution in [0.4, 0.5) is 0 Å². The predicted molar refractivity (Wildman–Crippen MR) is 143 cm³/mol. The van der Waals surface area contributed by atoms with Gasteiger partial charge in [-0.25, -0.2) is 4.57 Å². The molecule has 0 aliphatic carbocycles. The minimum absolute atomic E-state index is 0.306. The van der Waals surface area contributed by atoms with E-state index in [1.165, 1.54) is 101 Å². The van der Waals surface area contributed by atoms with Crippen LogP contribution in [0, 0.1) is 5.92 Å². The van der Waals surface area contributed by atoms with Gasteiger partial charge in [0.2, 0.25) is 0 Å². The molecule has 0 aliphatic rings. The van der Waals surface area contributed by atoms with Crippen molar-refractivity contribution in [3.8, 4) is 0 Å². The van der Waals surface area contributed by atoms with Crippen LogP contribution in [0.25, 0.3) is 0 Å². The van der Waals surface area contributed by atoms with Gasteiger partial charge in [-0.3, -0.25) is 0 Å². The summed E-state index contributed by atoms with van der Waals surface area (Å²) in [6.07, 6.45) is 20.9. The lowest BCUT2D eigenvalue weighted by atomic mass is 10.0. The summed E-state index contributed by atoms with van der Waals surface area (Å²) < 4.78 is 8.88. The first-order chi connectivity index (χ1) is 15.9. The molecule has 1 aromatic carbocycles. The summed E-state index contributed by atoms with van der Waals surface area (Å²) in [6.45, 7) is 2.60. The topological polar surface area (TPSA) is 98.0 Å². The van der Waals surface area contributed by atoms with E-state index in [-0.39, 0.29) is 0 Å². The molecule has 7 heteroatoms. The molecule has 0 saturated carbocycles. The van der Waals surface area contributed by atoms with Gasteiger partial charge in [-0.1, -0.05) is 121 Å². The summed E-state index contributed by atoms with van der Waals surface area (Å²) in [6, 6.07) is 10.6. The number of phosphoric acid groups is 1. The zero-order chi connectivity index (χ0) is 24.6. The van der Waals surface area contributed by atoms with Crippen LogP contribution in [-0.4, -0.2) is 37.9 Å². The average Bonchev–Trinajstić information content (AvgIpc) is 2.77. The number of thioether (sulfide) groups is 1. The SMILES string of the molecule is CCCCCCCCCCCCCCCCSCC(CO)Cc1ccccc1.O=P(O)(O)O. The van der Waals surface area contributed by atoms with E-state index < -0.39 is 7.82 Å². The standard InChI is InChI=1S/C26H46OS.H3O4P/c1-2-3-4-5-6-7-8-9-10-11-12-13-14-18-21-28-24-26(23-27)22-25-19-16-15-17-20-25;1-5(2,3)4/h15-17,19-20,26-27H,2-14,18,21-24H2,1H3;(H3,1,2,3,4). The van der Waals surface area contributed by atoms with Crippen LogP contribution in [0.15, 0.2) is 30.3 Å². The first kappa shape index (κ1) is 32.6. The molecule has 0 fully saturated rings. The Morgan fingerprint density at radius 1 is 0.758 bits per heavy atom.